The van der Waals surface area contributed by atoms with Gasteiger partial charge in [0.25, 0.3) is 0 Å². The van der Waals surface area contributed by atoms with Crippen LogP contribution in [0.3, 0.4) is 0 Å². The van der Waals surface area contributed by atoms with Crippen LogP contribution >= 0.6 is 0 Å². The highest BCUT2D eigenvalue weighted by Gasteiger charge is 2.27. The van der Waals surface area contributed by atoms with Crippen LogP contribution in [0.5, 0.6) is 0 Å². The smallest absolute Gasteiger partial charge is 0.328 e. The summed E-state index contributed by atoms with van der Waals surface area (Å²) in [6.07, 6.45) is 0. The minimum absolute atomic E-state index is 1.57. The molecule has 0 aromatic heterocycles. The van der Waals surface area contributed by atoms with Crippen molar-refractivity contribution < 1.29 is 12.3 Å². The first-order valence-electron chi connectivity index (χ1n) is 5.83. The van der Waals surface area contributed by atoms with Crippen molar-refractivity contribution in [2.24, 2.45) is 0 Å². The Morgan fingerprint density at radius 2 is 1.06 bits per heavy atom. The zero-order chi connectivity index (χ0) is 13.7. The SMILES string of the molecule is C=C[SiH](O[SiH](C=C)O[Si](C)(C)C)O[Si](C)(C)C. The fourth-order valence-electron chi connectivity index (χ4n) is 1.09. The van der Waals surface area contributed by atoms with Gasteiger partial charge < -0.3 is 12.3 Å². The van der Waals surface area contributed by atoms with E-state index in [4.69, 9.17) is 12.3 Å². The van der Waals surface area contributed by atoms with Gasteiger partial charge in [-0.15, -0.1) is 13.2 Å². The molecule has 0 aromatic rings. The summed E-state index contributed by atoms with van der Waals surface area (Å²) in [6.45, 7) is 20.6. The molecule has 0 aromatic carbocycles. The molecule has 3 nitrogen and oxygen atoms in total. The van der Waals surface area contributed by atoms with Crippen LogP contribution in [0.1, 0.15) is 0 Å². The van der Waals surface area contributed by atoms with Crippen molar-refractivity contribution in [3.05, 3.63) is 24.6 Å². The highest BCUT2D eigenvalue weighted by atomic mass is 28.5. The molecule has 0 N–H and O–H groups in total. The van der Waals surface area contributed by atoms with E-state index in [2.05, 4.69) is 52.4 Å². The quantitative estimate of drug-likeness (QED) is 0.645. The second-order valence-electron chi connectivity index (χ2n) is 5.80. The first-order chi connectivity index (χ1) is 7.57. The van der Waals surface area contributed by atoms with Crippen LogP contribution in [0, 0.1) is 0 Å². The van der Waals surface area contributed by atoms with Crippen LogP contribution < -0.4 is 0 Å². The average Bonchev–Trinajstić information content (AvgIpc) is 2.11. The van der Waals surface area contributed by atoms with E-state index in [0.717, 1.165) is 0 Å². The van der Waals surface area contributed by atoms with Gasteiger partial charge in [0.2, 0.25) is 0 Å². The lowest BCUT2D eigenvalue weighted by Gasteiger charge is -2.28. The topological polar surface area (TPSA) is 27.7 Å². The first-order valence-corrected chi connectivity index (χ1v) is 15.9. The molecule has 0 saturated heterocycles. The van der Waals surface area contributed by atoms with Crippen LogP contribution in [-0.2, 0) is 12.3 Å². The molecule has 7 heteroatoms. The number of hydrogen-bond acceptors (Lipinski definition) is 3. The lowest BCUT2D eigenvalue weighted by atomic mass is 11.3. The van der Waals surface area contributed by atoms with E-state index in [1.54, 1.807) is 0 Å². The van der Waals surface area contributed by atoms with E-state index < -0.39 is 35.2 Å². The van der Waals surface area contributed by atoms with Gasteiger partial charge in [-0.2, -0.15) is 0 Å². The summed E-state index contributed by atoms with van der Waals surface area (Å²) >= 11 is 0. The summed E-state index contributed by atoms with van der Waals surface area (Å²) in [6, 6.07) is 0. The van der Waals surface area contributed by atoms with Crippen LogP contribution in [0.2, 0.25) is 39.3 Å². The van der Waals surface area contributed by atoms with E-state index in [1.807, 2.05) is 11.4 Å². The molecule has 0 aliphatic carbocycles. The van der Waals surface area contributed by atoms with Crippen molar-refractivity contribution in [1.29, 1.82) is 0 Å². The van der Waals surface area contributed by atoms with Crippen molar-refractivity contribution >= 4 is 35.2 Å². The third-order valence-electron chi connectivity index (χ3n) is 1.59. The van der Waals surface area contributed by atoms with Gasteiger partial charge in [-0.3, -0.25) is 0 Å². The molecule has 0 saturated carbocycles. The Kier molecular flexibility index (Phi) is 7.07. The van der Waals surface area contributed by atoms with E-state index in [1.165, 1.54) is 0 Å². The molecular formula is C10H26O3Si4. The average molecular weight is 307 g/mol. The molecule has 100 valence electrons. The maximum Gasteiger partial charge on any atom is 0.328 e. The van der Waals surface area contributed by atoms with Crippen LogP contribution in [-0.4, -0.2) is 35.2 Å². The van der Waals surface area contributed by atoms with Gasteiger partial charge in [0.15, 0.2) is 16.6 Å². The van der Waals surface area contributed by atoms with E-state index in [9.17, 15) is 0 Å². The zero-order valence-corrected chi connectivity index (χ0v) is 16.3. The first kappa shape index (κ1) is 17.2. The van der Waals surface area contributed by atoms with Gasteiger partial charge in [0, 0.05) is 0 Å². The van der Waals surface area contributed by atoms with Gasteiger partial charge in [-0.1, -0.05) is 11.4 Å². The van der Waals surface area contributed by atoms with Gasteiger partial charge in [0.05, 0.1) is 0 Å². The molecule has 0 radical (unpaired) electrons. The normalized spacial score (nSPS) is 16.4. The molecule has 0 fully saturated rings. The maximum absolute atomic E-state index is 5.99. The van der Waals surface area contributed by atoms with E-state index >= 15 is 0 Å². The van der Waals surface area contributed by atoms with E-state index in [-0.39, 0.29) is 0 Å². The lowest BCUT2D eigenvalue weighted by molar-refractivity contribution is 0.385. The summed E-state index contributed by atoms with van der Waals surface area (Å²) in [5, 5.41) is 0. The van der Waals surface area contributed by atoms with Gasteiger partial charge >= 0.3 is 18.6 Å². The molecule has 0 rings (SSSR count). The minimum atomic E-state index is -1.79. The molecule has 0 heterocycles. The fraction of sp³-hybridized carbons (Fsp3) is 0.600. The summed E-state index contributed by atoms with van der Waals surface area (Å²) in [5.41, 5.74) is 3.66. The number of rotatable bonds is 8. The zero-order valence-electron chi connectivity index (χ0n) is 11.9. The van der Waals surface area contributed by atoms with Crippen molar-refractivity contribution in [2.75, 3.05) is 0 Å². The maximum atomic E-state index is 5.99. The van der Waals surface area contributed by atoms with Crippen LogP contribution in [0.4, 0.5) is 0 Å². The van der Waals surface area contributed by atoms with Gasteiger partial charge in [-0.05, 0) is 39.3 Å². The second-order valence-corrected chi connectivity index (χ2v) is 19.6. The Hall–Kier alpha value is 0.228. The predicted octanol–water partition coefficient (Wildman–Crippen LogP) is 2.60. The molecule has 2 atom stereocenters. The lowest BCUT2D eigenvalue weighted by Crippen LogP contribution is -2.43. The summed E-state index contributed by atoms with van der Waals surface area (Å²) in [5.74, 6) is 0. The molecule has 17 heavy (non-hydrogen) atoms. The Labute approximate surface area is 111 Å². The highest BCUT2D eigenvalue weighted by Crippen LogP contribution is 2.11. The largest absolute Gasteiger partial charge is 0.436 e. The monoisotopic (exact) mass is 306 g/mol. The van der Waals surface area contributed by atoms with Gasteiger partial charge in [-0.25, -0.2) is 0 Å². The molecule has 0 bridgehead atoms. The molecule has 0 amide bonds. The fourth-order valence-corrected chi connectivity index (χ4v) is 10.8. The second kappa shape index (κ2) is 6.97. The molecular weight excluding hydrogens is 280 g/mol. The molecule has 2 unspecified atom stereocenters. The molecule has 0 aliphatic rings. The Morgan fingerprint density at radius 1 is 0.765 bits per heavy atom. The molecule has 0 spiro atoms. The summed E-state index contributed by atoms with van der Waals surface area (Å²) in [4.78, 5) is 0. The highest BCUT2D eigenvalue weighted by molar-refractivity contribution is 6.81. The van der Waals surface area contributed by atoms with Crippen molar-refractivity contribution in [3.63, 3.8) is 0 Å². The van der Waals surface area contributed by atoms with Gasteiger partial charge in [0.1, 0.15) is 0 Å². The standard InChI is InChI=1S/C10H26O3Si4/c1-9-14(12-16(3,4)5)11-15(10-2)13-17(6,7)8/h9-10,14-15H,1-2H2,3-8H3. The Balaban J connectivity index is 4.42. The minimum Gasteiger partial charge on any atom is -0.436 e. The van der Waals surface area contributed by atoms with Crippen LogP contribution in [0.15, 0.2) is 24.6 Å². The Morgan fingerprint density at radius 3 is 1.24 bits per heavy atom. The predicted molar refractivity (Wildman–Crippen MR) is 84.6 cm³/mol. The Bertz CT molecular complexity index is 231. The number of hydrogen-bond donors (Lipinski definition) is 0. The third kappa shape index (κ3) is 9.89. The van der Waals surface area contributed by atoms with E-state index in [0.29, 0.717) is 0 Å². The van der Waals surface area contributed by atoms with Crippen molar-refractivity contribution in [1.82, 2.24) is 0 Å². The summed E-state index contributed by atoms with van der Waals surface area (Å²) in [7, 11) is -6.72. The van der Waals surface area contributed by atoms with Crippen LogP contribution in [0.25, 0.3) is 0 Å². The van der Waals surface area contributed by atoms with Crippen molar-refractivity contribution in [3.8, 4) is 0 Å². The third-order valence-corrected chi connectivity index (χ3v) is 12.0. The molecule has 0 aliphatic heterocycles. The van der Waals surface area contributed by atoms with Crippen molar-refractivity contribution in [2.45, 2.75) is 39.3 Å². The summed E-state index contributed by atoms with van der Waals surface area (Å²) < 4.78 is 18.0.